The van der Waals surface area contributed by atoms with Crippen LogP contribution in [0.25, 0.3) is 0 Å². The number of fused-ring (bicyclic) bond motifs is 1. The summed E-state index contributed by atoms with van der Waals surface area (Å²) in [5.74, 6) is 2.16. The Kier molecular flexibility index (Phi) is 3.13. The molecule has 0 saturated carbocycles. The van der Waals surface area contributed by atoms with Crippen molar-refractivity contribution in [2.24, 2.45) is 0 Å². The summed E-state index contributed by atoms with van der Waals surface area (Å²) in [4.78, 5) is 6.61. The molecule has 2 aromatic rings. The summed E-state index contributed by atoms with van der Waals surface area (Å²) >= 11 is 0. The van der Waals surface area contributed by atoms with E-state index in [1.807, 2.05) is 18.5 Å². The maximum atomic E-state index is 9.91. The lowest BCUT2D eigenvalue weighted by Crippen LogP contribution is -2.33. The Morgan fingerprint density at radius 1 is 1.37 bits per heavy atom. The minimum Gasteiger partial charge on any atom is -0.508 e. The Bertz CT molecular complexity index is 580. The molecule has 1 aromatic heterocycles. The van der Waals surface area contributed by atoms with Crippen molar-refractivity contribution >= 4 is 0 Å². The SMILES string of the molecule is COc1ccc(O)c(CN2CCn3ccnc3C2)c1. The highest BCUT2D eigenvalue weighted by atomic mass is 16.5. The molecule has 1 aliphatic heterocycles. The number of phenolic OH excluding ortho intramolecular Hbond substituents is 1. The predicted molar refractivity (Wildman–Crippen MR) is 71.0 cm³/mol. The molecule has 1 N–H and O–H groups in total. The van der Waals surface area contributed by atoms with Crippen LogP contribution in [-0.4, -0.2) is 33.2 Å². The molecule has 5 heteroatoms. The molecule has 0 spiro atoms. The Balaban J connectivity index is 1.76. The van der Waals surface area contributed by atoms with Crippen LogP contribution in [0.1, 0.15) is 11.4 Å². The third-order valence-corrected chi connectivity index (χ3v) is 3.50. The van der Waals surface area contributed by atoms with Gasteiger partial charge in [0.1, 0.15) is 17.3 Å². The zero-order valence-corrected chi connectivity index (χ0v) is 10.9. The first-order valence-corrected chi connectivity index (χ1v) is 6.34. The van der Waals surface area contributed by atoms with Crippen LogP contribution in [0.5, 0.6) is 11.5 Å². The number of aromatic nitrogens is 2. The van der Waals surface area contributed by atoms with Crippen molar-refractivity contribution in [3.63, 3.8) is 0 Å². The van der Waals surface area contributed by atoms with Gasteiger partial charge in [-0.1, -0.05) is 0 Å². The fourth-order valence-electron chi connectivity index (χ4n) is 2.41. The van der Waals surface area contributed by atoms with E-state index in [2.05, 4.69) is 14.5 Å². The number of methoxy groups -OCH3 is 1. The Hall–Kier alpha value is -2.01. The molecule has 0 bridgehead atoms. The van der Waals surface area contributed by atoms with Gasteiger partial charge in [-0.15, -0.1) is 0 Å². The molecule has 1 aliphatic rings. The van der Waals surface area contributed by atoms with E-state index in [0.29, 0.717) is 12.3 Å². The number of aromatic hydroxyl groups is 1. The molecule has 19 heavy (non-hydrogen) atoms. The standard InChI is InChI=1S/C14H17N3O2/c1-19-12-2-3-13(18)11(8-12)9-16-6-7-17-5-4-15-14(17)10-16/h2-5,8,18H,6-7,9-10H2,1H3. The summed E-state index contributed by atoms with van der Waals surface area (Å²) in [5.41, 5.74) is 0.888. The van der Waals surface area contributed by atoms with Crippen LogP contribution in [0.3, 0.4) is 0 Å². The van der Waals surface area contributed by atoms with E-state index in [0.717, 1.165) is 36.8 Å². The molecular formula is C14H17N3O2. The number of imidazole rings is 1. The van der Waals surface area contributed by atoms with Gasteiger partial charge in [-0.25, -0.2) is 4.98 Å². The summed E-state index contributed by atoms with van der Waals surface area (Å²) in [5, 5.41) is 9.91. The minimum atomic E-state index is 0.315. The van der Waals surface area contributed by atoms with Gasteiger partial charge in [-0.3, -0.25) is 4.90 Å². The van der Waals surface area contributed by atoms with Crippen molar-refractivity contribution in [2.45, 2.75) is 19.6 Å². The first kappa shape index (κ1) is 12.0. The summed E-state index contributed by atoms with van der Waals surface area (Å²) < 4.78 is 7.37. The first-order chi connectivity index (χ1) is 9.26. The molecule has 2 heterocycles. The van der Waals surface area contributed by atoms with Crippen LogP contribution in [0, 0.1) is 0 Å². The molecular weight excluding hydrogens is 242 g/mol. The molecule has 3 rings (SSSR count). The molecule has 0 amide bonds. The largest absolute Gasteiger partial charge is 0.508 e. The average Bonchev–Trinajstić information content (AvgIpc) is 2.89. The Morgan fingerprint density at radius 2 is 2.26 bits per heavy atom. The van der Waals surface area contributed by atoms with Gasteiger partial charge in [0.15, 0.2) is 0 Å². The normalized spacial score (nSPS) is 15.2. The van der Waals surface area contributed by atoms with Crippen molar-refractivity contribution in [1.29, 1.82) is 0 Å². The van der Waals surface area contributed by atoms with Crippen LogP contribution >= 0.6 is 0 Å². The third kappa shape index (κ3) is 2.42. The Morgan fingerprint density at radius 3 is 3.11 bits per heavy atom. The van der Waals surface area contributed by atoms with Gasteiger partial charge >= 0.3 is 0 Å². The monoisotopic (exact) mass is 259 g/mol. The van der Waals surface area contributed by atoms with Crippen LogP contribution in [0.2, 0.25) is 0 Å². The van der Waals surface area contributed by atoms with Crippen molar-refractivity contribution in [2.75, 3.05) is 13.7 Å². The highest BCUT2D eigenvalue weighted by molar-refractivity contribution is 5.39. The molecule has 0 fully saturated rings. The van der Waals surface area contributed by atoms with Crippen LogP contribution in [0.4, 0.5) is 0 Å². The number of nitrogens with zero attached hydrogens (tertiary/aromatic N) is 3. The summed E-state index contributed by atoms with van der Waals surface area (Å²) in [6.45, 7) is 3.42. The van der Waals surface area contributed by atoms with E-state index in [4.69, 9.17) is 4.74 Å². The highest BCUT2D eigenvalue weighted by Crippen LogP contribution is 2.25. The fourth-order valence-corrected chi connectivity index (χ4v) is 2.41. The van der Waals surface area contributed by atoms with Gasteiger partial charge < -0.3 is 14.4 Å². The lowest BCUT2D eigenvalue weighted by molar-refractivity contribution is 0.206. The topological polar surface area (TPSA) is 50.5 Å². The quantitative estimate of drug-likeness (QED) is 0.910. The zero-order chi connectivity index (χ0) is 13.2. The van der Waals surface area contributed by atoms with Gasteiger partial charge in [0.25, 0.3) is 0 Å². The minimum absolute atomic E-state index is 0.315. The van der Waals surface area contributed by atoms with Crippen molar-refractivity contribution < 1.29 is 9.84 Å². The number of hydrogen-bond acceptors (Lipinski definition) is 4. The molecule has 1 aromatic carbocycles. The van der Waals surface area contributed by atoms with Crippen LogP contribution in [-0.2, 0) is 19.6 Å². The smallest absolute Gasteiger partial charge is 0.122 e. The lowest BCUT2D eigenvalue weighted by Gasteiger charge is -2.27. The number of rotatable bonds is 3. The molecule has 0 radical (unpaired) electrons. The molecule has 0 aliphatic carbocycles. The highest BCUT2D eigenvalue weighted by Gasteiger charge is 2.17. The molecule has 0 unspecified atom stereocenters. The molecule has 5 nitrogen and oxygen atoms in total. The molecule has 0 saturated heterocycles. The van der Waals surface area contributed by atoms with Crippen molar-refractivity contribution in [3.05, 3.63) is 42.0 Å². The van der Waals surface area contributed by atoms with Gasteiger partial charge in [0.2, 0.25) is 0 Å². The van der Waals surface area contributed by atoms with Gasteiger partial charge in [0, 0.05) is 37.6 Å². The molecule has 100 valence electrons. The van der Waals surface area contributed by atoms with Gasteiger partial charge in [0.05, 0.1) is 13.7 Å². The number of ether oxygens (including phenoxy) is 1. The second kappa shape index (κ2) is 4.93. The maximum absolute atomic E-state index is 9.91. The van der Waals surface area contributed by atoms with E-state index in [1.54, 1.807) is 19.2 Å². The lowest BCUT2D eigenvalue weighted by atomic mass is 10.1. The fraction of sp³-hybridized carbons (Fsp3) is 0.357. The Labute approximate surface area is 112 Å². The zero-order valence-electron chi connectivity index (χ0n) is 10.9. The summed E-state index contributed by atoms with van der Waals surface area (Å²) in [7, 11) is 1.63. The second-order valence-electron chi connectivity index (χ2n) is 4.74. The van der Waals surface area contributed by atoms with Crippen LogP contribution in [0.15, 0.2) is 30.6 Å². The predicted octanol–water partition coefficient (Wildman–Crippen LogP) is 1.61. The maximum Gasteiger partial charge on any atom is 0.122 e. The summed E-state index contributed by atoms with van der Waals surface area (Å²) in [6.07, 6.45) is 3.84. The van der Waals surface area contributed by atoms with Crippen molar-refractivity contribution in [3.8, 4) is 11.5 Å². The van der Waals surface area contributed by atoms with Gasteiger partial charge in [-0.2, -0.15) is 0 Å². The first-order valence-electron chi connectivity index (χ1n) is 6.34. The average molecular weight is 259 g/mol. The summed E-state index contributed by atoms with van der Waals surface area (Å²) in [6, 6.07) is 5.33. The van der Waals surface area contributed by atoms with E-state index < -0.39 is 0 Å². The van der Waals surface area contributed by atoms with Gasteiger partial charge in [-0.05, 0) is 18.2 Å². The van der Waals surface area contributed by atoms with Crippen molar-refractivity contribution in [1.82, 2.24) is 14.5 Å². The van der Waals surface area contributed by atoms with E-state index in [1.165, 1.54) is 0 Å². The molecule has 0 atom stereocenters. The van der Waals surface area contributed by atoms with E-state index >= 15 is 0 Å². The second-order valence-corrected chi connectivity index (χ2v) is 4.74. The third-order valence-electron chi connectivity index (χ3n) is 3.50. The van der Waals surface area contributed by atoms with Crippen LogP contribution < -0.4 is 4.74 Å². The number of hydrogen-bond donors (Lipinski definition) is 1. The van der Waals surface area contributed by atoms with E-state index in [-0.39, 0.29) is 0 Å². The van der Waals surface area contributed by atoms with E-state index in [9.17, 15) is 5.11 Å². The number of phenols is 1. The number of benzene rings is 1.